The largest absolute Gasteiger partial charge is 0.508 e. The Kier molecular flexibility index (Phi) is 6.77. The lowest BCUT2D eigenvalue weighted by molar-refractivity contribution is -0.124. The molecule has 2 aromatic carbocycles. The van der Waals surface area contributed by atoms with Gasteiger partial charge in [-0.2, -0.15) is 12.6 Å². The normalized spacial score (nSPS) is 22.9. The van der Waals surface area contributed by atoms with Crippen molar-refractivity contribution in [3.63, 3.8) is 0 Å². The van der Waals surface area contributed by atoms with Crippen molar-refractivity contribution >= 4 is 24.2 Å². The molecule has 2 aliphatic heterocycles. The molecular formula is C27H31N3O4S. The van der Waals surface area contributed by atoms with Crippen molar-refractivity contribution in [2.24, 2.45) is 0 Å². The first-order valence-corrected chi connectivity index (χ1v) is 12.7. The molecule has 4 N–H and O–H groups in total. The maximum absolute atomic E-state index is 13.2. The molecule has 1 aliphatic carbocycles. The van der Waals surface area contributed by atoms with Crippen LogP contribution in [0.5, 0.6) is 11.5 Å². The van der Waals surface area contributed by atoms with E-state index in [-0.39, 0.29) is 24.4 Å². The molecule has 3 aliphatic rings. The van der Waals surface area contributed by atoms with Gasteiger partial charge < -0.3 is 25.7 Å². The number of thiol groups is 1. The zero-order valence-electron chi connectivity index (χ0n) is 19.5. The molecule has 7 nitrogen and oxygen atoms in total. The quantitative estimate of drug-likeness (QED) is 0.363. The van der Waals surface area contributed by atoms with Crippen LogP contribution in [0.4, 0.5) is 0 Å². The van der Waals surface area contributed by atoms with Gasteiger partial charge in [0.1, 0.15) is 17.7 Å². The van der Waals surface area contributed by atoms with Crippen LogP contribution in [0.25, 0.3) is 5.70 Å². The van der Waals surface area contributed by atoms with Gasteiger partial charge in [-0.15, -0.1) is 5.06 Å². The molecule has 2 unspecified atom stereocenters. The van der Waals surface area contributed by atoms with E-state index in [0.717, 1.165) is 60.6 Å². The Balaban J connectivity index is 1.21. The molecule has 2 fully saturated rings. The molecule has 1 saturated carbocycles. The second-order valence-corrected chi connectivity index (χ2v) is 9.74. The third kappa shape index (κ3) is 4.91. The zero-order valence-corrected chi connectivity index (χ0v) is 20.4. The molecule has 0 radical (unpaired) electrons. The van der Waals surface area contributed by atoms with E-state index < -0.39 is 5.41 Å². The van der Waals surface area contributed by atoms with Crippen LogP contribution in [0, 0.1) is 0 Å². The van der Waals surface area contributed by atoms with Gasteiger partial charge >= 0.3 is 0 Å². The summed E-state index contributed by atoms with van der Waals surface area (Å²) in [5.41, 5.74) is 2.55. The minimum absolute atomic E-state index is 0.0393. The summed E-state index contributed by atoms with van der Waals surface area (Å²) in [5, 5.41) is 27.9. The summed E-state index contributed by atoms with van der Waals surface area (Å²) < 4.78 is 0. The van der Waals surface area contributed by atoms with E-state index in [1.807, 2.05) is 47.6 Å². The van der Waals surface area contributed by atoms with Gasteiger partial charge in [0.15, 0.2) is 0 Å². The van der Waals surface area contributed by atoms with Crippen molar-refractivity contribution in [3.8, 4) is 11.5 Å². The summed E-state index contributed by atoms with van der Waals surface area (Å²) in [6.07, 6.45) is 9.19. The fraction of sp³-hybridized carbons (Fsp3) is 0.370. The number of nitrogens with one attached hydrogen (secondary N) is 2. The van der Waals surface area contributed by atoms with E-state index in [1.54, 1.807) is 18.2 Å². The lowest BCUT2D eigenvalue weighted by atomic mass is 9.93. The Morgan fingerprint density at radius 3 is 2.74 bits per heavy atom. The number of phenols is 1. The van der Waals surface area contributed by atoms with Crippen LogP contribution in [-0.4, -0.2) is 45.7 Å². The number of rotatable bonds is 8. The SMILES string of the molecule is O=C(NC1C=CC=C(c2ccc(ON3CCCC3CS)cc2)N1)C1(c2ccc(O)c(CO)c2)CC1. The van der Waals surface area contributed by atoms with Crippen LogP contribution in [0.2, 0.25) is 0 Å². The number of aliphatic hydroxyl groups excluding tert-OH is 1. The Labute approximate surface area is 210 Å². The van der Waals surface area contributed by atoms with Gasteiger partial charge in [-0.05, 0) is 85.4 Å². The van der Waals surface area contributed by atoms with E-state index in [2.05, 4.69) is 23.3 Å². The van der Waals surface area contributed by atoms with E-state index >= 15 is 0 Å². The average Bonchev–Trinajstić information content (AvgIpc) is 3.58. The molecule has 0 bridgehead atoms. The minimum Gasteiger partial charge on any atom is -0.508 e. The third-order valence-corrected chi connectivity index (χ3v) is 7.49. The Hall–Kier alpha value is -2.94. The molecule has 0 spiro atoms. The molecular weight excluding hydrogens is 462 g/mol. The highest BCUT2D eigenvalue weighted by Crippen LogP contribution is 2.49. The first-order chi connectivity index (χ1) is 17.0. The van der Waals surface area contributed by atoms with Crippen molar-refractivity contribution in [1.82, 2.24) is 15.7 Å². The van der Waals surface area contributed by atoms with Crippen LogP contribution in [-0.2, 0) is 16.8 Å². The number of hydrogen-bond donors (Lipinski definition) is 5. The molecule has 8 heteroatoms. The molecule has 2 atom stereocenters. The monoisotopic (exact) mass is 493 g/mol. The standard InChI is InChI=1S/C27H31N3O4S/c31-16-19-15-20(8-11-24(19)32)27(12-13-27)26(33)29-25-5-1-4-23(28-25)18-6-9-22(10-7-18)34-30-14-2-3-21(30)17-35/h1,4-11,15,21,25,28,31-32,35H,2-3,12-14,16-17H2,(H,29,33). The predicted octanol–water partition coefficient (Wildman–Crippen LogP) is 3.25. The van der Waals surface area contributed by atoms with Crippen LogP contribution in [0.15, 0.2) is 60.7 Å². The van der Waals surface area contributed by atoms with E-state index in [0.29, 0.717) is 11.6 Å². The number of hydrogen-bond acceptors (Lipinski definition) is 7. The molecule has 0 aromatic heterocycles. The van der Waals surface area contributed by atoms with Gasteiger partial charge in [-0.1, -0.05) is 12.1 Å². The molecule has 1 amide bonds. The topological polar surface area (TPSA) is 94.1 Å². The Bertz CT molecular complexity index is 1140. The lowest BCUT2D eigenvalue weighted by Crippen LogP contribution is -2.48. The number of hydroxylamine groups is 2. The number of aromatic hydroxyl groups is 1. The second-order valence-electron chi connectivity index (χ2n) is 9.38. The van der Waals surface area contributed by atoms with E-state index in [4.69, 9.17) is 4.84 Å². The second kappa shape index (κ2) is 9.97. The third-order valence-electron chi connectivity index (χ3n) is 7.07. The molecule has 5 rings (SSSR count). The fourth-order valence-corrected chi connectivity index (χ4v) is 5.16. The number of dihydropyridines is 1. The Morgan fingerprint density at radius 1 is 1.23 bits per heavy atom. The van der Waals surface area contributed by atoms with Gasteiger partial charge in [0, 0.05) is 23.6 Å². The predicted molar refractivity (Wildman–Crippen MR) is 138 cm³/mol. The number of aliphatic hydroxyl groups is 1. The van der Waals surface area contributed by atoms with Crippen LogP contribution >= 0.6 is 12.6 Å². The van der Waals surface area contributed by atoms with Gasteiger partial charge in [0.2, 0.25) is 5.91 Å². The highest BCUT2D eigenvalue weighted by molar-refractivity contribution is 7.80. The zero-order chi connectivity index (χ0) is 24.4. The van der Waals surface area contributed by atoms with E-state index in [9.17, 15) is 15.0 Å². The summed E-state index contributed by atoms with van der Waals surface area (Å²) in [7, 11) is 0. The smallest absolute Gasteiger partial charge is 0.232 e. The Morgan fingerprint density at radius 2 is 2.03 bits per heavy atom. The highest BCUT2D eigenvalue weighted by Gasteiger charge is 2.51. The van der Waals surface area contributed by atoms with E-state index in [1.165, 1.54) is 0 Å². The maximum Gasteiger partial charge on any atom is 0.232 e. The summed E-state index contributed by atoms with van der Waals surface area (Å²) in [6, 6.07) is 13.3. The summed E-state index contributed by atoms with van der Waals surface area (Å²) in [4.78, 5) is 19.3. The molecule has 2 heterocycles. The first kappa shape index (κ1) is 23.8. The summed E-state index contributed by atoms with van der Waals surface area (Å²) in [6.45, 7) is 0.648. The lowest BCUT2D eigenvalue weighted by Gasteiger charge is -2.26. The fourth-order valence-electron chi connectivity index (χ4n) is 4.79. The van der Waals surface area contributed by atoms with Crippen molar-refractivity contribution in [2.45, 2.75) is 49.9 Å². The van der Waals surface area contributed by atoms with Crippen LogP contribution < -0.4 is 15.5 Å². The molecule has 35 heavy (non-hydrogen) atoms. The van der Waals surface area contributed by atoms with Crippen LogP contribution in [0.1, 0.15) is 42.4 Å². The number of carbonyl (C=O) groups is 1. The number of amides is 1. The molecule has 184 valence electrons. The first-order valence-electron chi connectivity index (χ1n) is 12.1. The van der Waals surface area contributed by atoms with Crippen molar-refractivity contribution in [1.29, 1.82) is 0 Å². The van der Waals surface area contributed by atoms with Crippen LogP contribution in [0.3, 0.4) is 0 Å². The summed E-state index contributed by atoms with van der Waals surface area (Å²) in [5.74, 6) is 1.55. The molecule has 2 aromatic rings. The van der Waals surface area contributed by atoms with Crippen molar-refractivity contribution in [2.75, 3.05) is 12.3 Å². The number of carbonyl (C=O) groups excluding carboxylic acids is 1. The van der Waals surface area contributed by atoms with Crippen molar-refractivity contribution in [3.05, 3.63) is 77.4 Å². The van der Waals surface area contributed by atoms with Gasteiger partial charge in [0.05, 0.1) is 18.1 Å². The van der Waals surface area contributed by atoms with Crippen molar-refractivity contribution < 1.29 is 19.8 Å². The summed E-state index contributed by atoms with van der Waals surface area (Å²) >= 11 is 4.42. The highest BCUT2D eigenvalue weighted by atomic mass is 32.1. The van der Waals surface area contributed by atoms with Gasteiger partial charge in [0.25, 0.3) is 0 Å². The maximum atomic E-state index is 13.2. The molecule has 1 saturated heterocycles. The number of allylic oxidation sites excluding steroid dienone is 2. The van der Waals surface area contributed by atoms with Gasteiger partial charge in [-0.3, -0.25) is 4.79 Å². The van der Waals surface area contributed by atoms with Gasteiger partial charge in [-0.25, -0.2) is 0 Å². The number of benzene rings is 2. The average molecular weight is 494 g/mol. The minimum atomic E-state index is -0.617. The number of nitrogens with zero attached hydrogens (tertiary/aromatic N) is 1.